The lowest BCUT2D eigenvalue weighted by Crippen LogP contribution is -2.15. The van der Waals surface area contributed by atoms with Crippen molar-refractivity contribution in [1.82, 2.24) is 19.5 Å². The molecular formula is C14H13N5. The molecule has 2 N–H and O–H groups in total. The average molecular weight is 251 g/mol. The highest BCUT2D eigenvalue weighted by Gasteiger charge is 2.14. The Kier molecular flexibility index (Phi) is 3.04. The summed E-state index contributed by atoms with van der Waals surface area (Å²) in [5, 5.41) is 0. The molecule has 1 unspecified atom stereocenters. The molecule has 5 nitrogen and oxygen atoms in total. The van der Waals surface area contributed by atoms with Crippen molar-refractivity contribution in [2.24, 2.45) is 5.73 Å². The summed E-state index contributed by atoms with van der Waals surface area (Å²) < 4.78 is 1.90. The van der Waals surface area contributed by atoms with Gasteiger partial charge in [0.05, 0.1) is 42.3 Å². The normalized spacial score (nSPS) is 12.3. The van der Waals surface area contributed by atoms with E-state index in [1.165, 1.54) is 6.33 Å². The lowest BCUT2D eigenvalue weighted by molar-refractivity contribution is 0.789. The number of rotatable bonds is 3. The molecule has 19 heavy (non-hydrogen) atoms. The van der Waals surface area contributed by atoms with Gasteiger partial charge < -0.3 is 5.73 Å². The quantitative estimate of drug-likeness (QED) is 0.769. The zero-order chi connectivity index (χ0) is 13.1. The summed E-state index contributed by atoms with van der Waals surface area (Å²) in [5.41, 5.74) is 9.09. The Balaban J connectivity index is 2.01. The van der Waals surface area contributed by atoms with E-state index < -0.39 is 0 Å². The molecule has 1 atom stereocenters. The monoisotopic (exact) mass is 251 g/mol. The molecule has 0 aliphatic rings. The van der Waals surface area contributed by atoms with Gasteiger partial charge in [-0.3, -0.25) is 4.57 Å². The first-order valence-corrected chi connectivity index (χ1v) is 5.94. The van der Waals surface area contributed by atoms with Crippen LogP contribution >= 0.6 is 0 Å². The smallest absolute Gasteiger partial charge is 0.115 e. The molecule has 94 valence electrons. The van der Waals surface area contributed by atoms with Crippen LogP contribution in [0, 0.1) is 0 Å². The Morgan fingerprint density at radius 3 is 2.42 bits per heavy atom. The molecule has 0 saturated carbocycles. The molecule has 0 amide bonds. The van der Waals surface area contributed by atoms with Crippen LogP contribution in [0.5, 0.6) is 0 Å². The summed E-state index contributed by atoms with van der Waals surface area (Å²) in [6, 6.07) is 9.69. The maximum absolute atomic E-state index is 6.30. The fourth-order valence-corrected chi connectivity index (χ4v) is 2.00. The summed E-state index contributed by atoms with van der Waals surface area (Å²) in [5.74, 6) is 0. The lowest BCUT2D eigenvalue weighted by Gasteiger charge is -2.14. The van der Waals surface area contributed by atoms with Gasteiger partial charge in [0.1, 0.15) is 6.33 Å². The van der Waals surface area contributed by atoms with Crippen molar-refractivity contribution in [2.75, 3.05) is 0 Å². The van der Waals surface area contributed by atoms with Crippen molar-refractivity contribution in [2.45, 2.75) is 6.04 Å². The zero-order valence-corrected chi connectivity index (χ0v) is 10.2. The molecule has 0 fully saturated rings. The molecule has 0 spiro atoms. The molecule has 3 rings (SSSR count). The molecule has 0 aliphatic heterocycles. The predicted molar refractivity (Wildman–Crippen MR) is 71.6 cm³/mol. The number of nitrogens with zero attached hydrogens (tertiary/aromatic N) is 4. The molecule has 0 radical (unpaired) electrons. The van der Waals surface area contributed by atoms with Crippen LogP contribution in [0.4, 0.5) is 0 Å². The Bertz CT molecular complexity index is 648. The summed E-state index contributed by atoms with van der Waals surface area (Å²) in [6.45, 7) is 0. The second-order valence-corrected chi connectivity index (χ2v) is 4.17. The largest absolute Gasteiger partial charge is 0.319 e. The number of hydrogen-bond acceptors (Lipinski definition) is 4. The summed E-state index contributed by atoms with van der Waals surface area (Å²) in [7, 11) is 0. The maximum Gasteiger partial charge on any atom is 0.115 e. The number of nitrogens with two attached hydrogens (primary N) is 1. The molecule has 5 heteroatoms. The molecule has 0 saturated heterocycles. The SMILES string of the molecule is NC(c1ccccc1)c1cncn1-c1cncnc1. The molecule has 0 aliphatic carbocycles. The number of benzene rings is 1. The second-order valence-electron chi connectivity index (χ2n) is 4.17. The van der Waals surface area contributed by atoms with Crippen LogP contribution in [0.1, 0.15) is 17.3 Å². The van der Waals surface area contributed by atoms with Crippen molar-refractivity contribution in [3.63, 3.8) is 0 Å². The van der Waals surface area contributed by atoms with Crippen LogP contribution in [-0.4, -0.2) is 19.5 Å². The summed E-state index contributed by atoms with van der Waals surface area (Å²) in [6.07, 6.45) is 8.45. The second kappa shape index (κ2) is 4.99. The third kappa shape index (κ3) is 2.23. The topological polar surface area (TPSA) is 69.6 Å². The van der Waals surface area contributed by atoms with Crippen molar-refractivity contribution in [3.05, 3.63) is 72.8 Å². The van der Waals surface area contributed by atoms with Crippen molar-refractivity contribution < 1.29 is 0 Å². The van der Waals surface area contributed by atoms with Gasteiger partial charge in [0.25, 0.3) is 0 Å². The first kappa shape index (κ1) is 11.6. The van der Waals surface area contributed by atoms with Gasteiger partial charge in [-0.2, -0.15) is 0 Å². The van der Waals surface area contributed by atoms with Gasteiger partial charge >= 0.3 is 0 Å². The summed E-state index contributed by atoms with van der Waals surface area (Å²) in [4.78, 5) is 12.2. The van der Waals surface area contributed by atoms with Gasteiger partial charge in [0.15, 0.2) is 0 Å². The number of imidazole rings is 1. The fraction of sp³-hybridized carbons (Fsp3) is 0.0714. The van der Waals surface area contributed by atoms with Gasteiger partial charge in [0.2, 0.25) is 0 Å². The van der Waals surface area contributed by atoms with Crippen LogP contribution < -0.4 is 5.73 Å². The first-order chi connectivity index (χ1) is 9.36. The van der Waals surface area contributed by atoms with Gasteiger partial charge in [-0.25, -0.2) is 15.0 Å². The van der Waals surface area contributed by atoms with Gasteiger partial charge in [0, 0.05) is 0 Å². The maximum atomic E-state index is 6.30. The van der Waals surface area contributed by atoms with Gasteiger partial charge in [-0.15, -0.1) is 0 Å². The molecule has 2 aromatic heterocycles. The molecule has 2 heterocycles. The van der Waals surface area contributed by atoms with Crippen molar-refractivity contribution in [1.29, 1.82) is 0 Å². The molecular weight excluding hydrogens is 238 g/mol. The molecule has 0 bridgehead atoms. The summed E-state index contributed by atoms with van der Waals surface area (Å²) >= 11 is 0. The minimum atomic E-state index is -0.232. The van der Waals surface area contributed by atoms with E-state index in [0.29, 0.717) is 0 Å². The zero-order valence-electron chi connectivity index (χ0n) is 10.2. The van der Waals surface area contributed by atoms with Gasteiger partial charge in [-0.1, -0.05) is 30.3 Å². The van der Waals surface area contributed by atoms with Crippen molar-refractivity contribution in [3.8, 4) is 5.69 Å². The Morgan fingerprint density at radius 2 is 1.68 bits per heavy atom. The first-order valence-electron chi connectivity index (χ1n) is 5.94. The van der Waals surface area contributed by atoms with E-state index in [9.17, 15) is 0 Å². The van der Waals surface area contributed by atoms with E-state index in [-0.39, 0.29) is 6.04 Å². The van der Waals surface area contributed by atoms with Crippen LogP contribution in [0.15, 0.2) is 61.6 Å². The predicted octanol–water partition coefficient (Wildman–Crippen LogP) is 1.71. The van der Waals surface area contributed by atoms with E-state index in [2.05, 4.69) is 15.0 Å². The number of hydrogen-bond donors (Lipinski definition) is 1. The van der Waals surface area contributed by atoms with E-state index in [0.717, 1.165) is 16.9 Å². The average Bonchev–Trinajstić information content (AvgIpc) is 2.98. The lowest BCUT2D eigenvalue weighted by atomic mass is 10.1. The van der Waals surface area contributed by atoms with Crippen LogP contribution in [0.25, 0.3) is 5.69 Å². The van der Waals surface area contributed by atoms with Crippen LogP contribution in [0.2, 0.25) is 0 Å². The molecule has 3 aromatic rings. The standard InChI is InChI=1S/C14H13N5/c15-14(11-4-2-1-3-5-11)13-8-18-10-19(13)12-6-16-9-17-7-12/h1-10,14H,15H2. The van der Waals surface area contributed by atoms with E-state index in [1.54, 1.807) is 24.9 Å². The minimum absolute atomic E-state index is 0.232. The van der Waals surface area contributed by atoms with Gasteiger partial charge in [-0.05, 0) is 5.56 Å². The Morgan fingerprint density at radius 1 is 0.947 bits per heavy atom. The Hall–Kier alpha value is -2.53. The Labute approximate surface area is 110 Å². The highest BCUT2D eigenvalue weighted by Crippen LogP contribution is 2.21. The van der Waals surface area contributed by atoms with E-state index in [1.807, 2.05) is 34.9 Å². The van der Waals surface area contributed by atoms with Crippen molar-refractivity contribution >= 4 is 0 Å². The highest BCUT2D eigenvalue weighted by atomic mass is 15.1. The van der Waals surface area contributed by atoms with Crippen LogP contribution in [-0.2, 0) is 0 Å². The third-order valence-electron chi connectivity index (χ3n) is 2.97. The van der Waals surface area contributed by atoms with E-state index in [4.69, 9.17) is 5.73 Å². The minimum Gasteiger partial charge on any atom is -0.319 e. The third-order valence-corrected chi connectivity index (χ3v) is 2.97. The highest BCUT2D eigenvalue weighted by molar-refractivity contribution is 5.33. The molecule has 1 aromatic carbocycles. The van der Waals surface area contributed by atoms with E-state index >= 15 is 0 Å². The van der Waals surface area contributed by atoms with Crippen LogP contribution in [0.3, 0.4) is 0 Å². The number of aromatic nitrogens is 4. The fourth-order valence-electron chi connectivity index (χ4n) is 2.00.